The van der Waals surface area contributed by atoms with Crippen LogP contribution in [0.1, 0.15) is 52.9 Å². The lowest BCUT2D eigenvalue weighted by Gasteiger charge is -2.29. The Bertz CT molecular complexity index is 290. The molecule has 1 rings (SSSR count). The zero-order valence-corrected chi connectivity index (χ0v) is 10.9. The molecule has 0 aromatic carbocycles. The van der Waals surface area contributed by atoms with Crippen LogP contribution in [-0.2, 0) is 14.3 Å². The highest BCUT2D eigenvalue weighted by Gasteiger charge is 2.33. The van der Waals surface area contributed by atoms with Gasteiger partial charge in [0.05, 0.1) is 5.92 Å². The van der Waals surface area contributed by atoms with Crippen molar-refractivity contribution in [3.05, 3.63) is 0 Å². The fourth-order valence-electron chi connectivity index (χ4n) is 2.37. The summed E-state index contributed by atoms with van der Waals surface area (Å²) in [4.78, 5) is 22.8. The summed E-state index contributed by atoms with van der Waals surface area (Å²) >= 11 is 0. The van der Waals surface area contributed by atoms with Gasteiger partial charge in [-0.05, 0) is 39.5 Å². The SMILES string of the molecule is CC(C)(C)OC(=O)CC1CCCCC1C(=O)O. The van der Waals surface area contributed by atoms with Crippen LogP contribution in [0.5, 0.6) is 0 Å². The Hall–Kier alpha value is -1.06. The molecule has 1 N–H and O–H groups in total. The number of carboxylic acid groups (broad SMARTS) is 1. The largest absolute Gasteiger partial charge is 0.481 e. The summed E-state index contributed by atoms with van der Waals surface area (Å²) in [7, 11) is 0. The minimum absolute atomic E-state index is 0.0592. The molecule has 17 heavy (non-hydrogen) atoms. The summed E-state index contributed by atoms with van der Waals surface area (Å²) in [6.45, 7) is 5.46. The standard InChI is InChI=1S/C13H22O4/c1-13(2,3)17-11(14)8-9-6-4-5-7-10(9)12(15)16/h9-10H,4-8H2,1-3H3,(H,15,16). The van der Waals surface area contributed by atoms with E-state index in [0.29, 0.717) is 6.42 Å². The van der Waals surface area contributed by atoms with E-state index in [-0.39, 0.29) is 24.2 Å². The van der Waals surface area contributed by atoms with Gasteiger partial charge in [0.1, 0.15) is 5.60 Å². The number of ether oxygens (including phenoxy) is 1. The van der Waals surface area contributed by atoms with Gasteiger partial charge in [-0.1, -0.05) is 12.8 Å². The molecule has 98 valence electrons. The monoisotopic (exact) mass is 242 g/mol. The first-order valence-corrected chi connectivity index (χ1v) is 6.24. The van der Waals surface area contributed by atoms with Crippen LogP contribution in [0.3, 0.4) is 0 Å². The molecule has 0 spiro atoms. The summed E-state index contributed by atoms with van der Waals surface area (Å²) in [5, 5.41) is 9.10. The Labute approximate surface area is 102 Å². The first-order valence-electron chi connectivity index (χ1n) is 6.24. The third-order valence-electron chi connectivity index (χ3n) is 3.08. The van der Waals surface area contributed by atoms with Gasteiger partial charge in [-0.15, -0.1) is 0 Å². The van der Waals surface area contributed by atoms with Crippen LogP contribution in [0.4, 0.5) is 0 Å². The van der Waals surface area contributed by atoms with Crippen molar-refractivity contribution in [1.82, 2.24) is 0 Å². The molecule has 2 atom stereocenters. The first-order chi connectivity index (χ1) is 7.79. The molecule has 0 aromatic rings. The van der Waals surface area contributed by atoms with E-state index in [1.807, 2.05) is 20.8 Å². The number of esters is 1. The molecule has 2 unspecified atom stereocenters. The Morgan fingerprint density at radius 3 is 2.35 bits per heavy atom. The van der Waals surface area contributed by atoms with E-state index in [4.69, 9.17) is 9.84 Å². The lowest BCUT2D eigenvalue weighted by Crippen LogP contribution is -2.31. The van der Waals surface area contributed by atoms with Crippen LogP contribution >= 0.6 is 0 Å². The van der Waals surface area contributed by atoms with Crippen LogP contribution in [0.15, 0.2) is 0 Å². The van der Waals surface area contributed by atoms with E-state index >= 15 is 0 Å². The predicted molar refractivity (Wildman–Crippen MR) is 63.5 cm³/mol. The Morgan fingerprint density at radius 1 is 1.24 bits per heavy atom. The molecule has 0 radical (unpaired) electrons. The van der Waals surface area contributed by atoms with Crippen LogP contribution in [0, 0.1) is 11.8 Å². The average Bonchev–Trinajstić information content (AvgIpc) is 2.14. The maximum absolute atomic E-state index is 11.7. The number of hydrogen-bond acceptors (Lipinski definition) is 3. The topological polar surface area (TPSA) is 63.6 Å². The predicted octanol–water partition coefficient (Wildman–Crippen LogP) is 2.61. The molecular formula is C13H22O4. The Kier molecular flexibility index (Phi) is 4.54. The summed E-state index contributed by atoms with van der Waals surface area (Å²) < 4.78 is 5.24. The van der Waals surface area contributed by atoms with Crippen LogP contribution in [0.2, 0.25) is 0 Å². The van der Waals surface area contributed by atoms with Crippen molar-refractivity contribution < 1.29 is 19.4 Å². The minimum Gasteiger partial charge on any atom is -0.481 e. The number of carboxylic acids is 1. The van der Waals surface area contributed by atoms with Crippen molar-refractivity contribution in [3.63, 3.8) is 0 Å². The highest BCUT2D eigenvalue weighted by molar-refractivity contribution is 5.74. The van der Waals surface area contributed by atoms with E-state index in [1.54, 1.807) is 0 Å². The smallest absolute Gasteiger partial charge is 0.306 e. The number of aliphatic carboxylic acids is 1. The molecule has 1 saturated carbocycles. The Balaban J connectivity index is 2.53. The molecule has 1 aliphatic rings. The van der Waals surface area contributed by atoms with Crippen LogP contribution < -0.4 is 0 Å². The van der Waals surface area contributed by atoms with Gasteiger partial charge in [-0.2, -0.15) is 0 Å². The molecular weight excluding hydrogens is 220 g/mol. The normalized spacial score (nSPS) is 25.4. The fourth-order valence-corrected chi connectivity index (χ4v) is 2.37. The van der Waals surface area contributed by atoms with Crippen molar-refractivity contribution in [2.75, 3.05) is 0 Å². The minimum atomic E-state index is -0.779. The highest BCUT2D eigenvalue weighted by Crippen LogP contribution is 2.33. The van der Waals surface area contributed by atoms with Gasteiger partial charge < -0.3 is 9.84 Å². The highest BCUT2D eigenvalue weighted by atomic mass is 16.6. The lowest BCUT2D eigenvalue weighted by atomic mass is 9.77. The maximum Gasteiger partial charge on any atom is 0.306 e. The zero-order chi connectivity index (χ0) is 13.1. The third kappa shape index (κ3) is 4.75. The van der Waals surface area contributed by atoms with E-state index in [0.717, 1.165) is 19.3 Å². The van der Waals surface area contributed by atoms with Crippen LogP contribution in [0.25, 0.3) is 0 Å². The van der Waals surface area contributed by atoms with E-state index in [9.17, 15) is 9.59 Å². The van der Waals surface area contributed by atoms with Crippen molar-refractivity contribution in [2.24, 2.45) is 11.8 Å². The van der Waals surface area contributed by atoms with E-state index in [2.05, 4.69) is 0 Å². The second-order valence-electron chi connectivity index (χ2n) is 5.78. The van der Waals surface area contributed by atoms with Gasteiger partial charge in [0.25, 0.3) is 0 Å². The zero-order valence-electron chi connectivity index (χ0n) is 10.9. The first kappa shape index (κ1) is 14.0. The summed E-state index contributed by atoms with van der Waals surface area (Å²) in [6.07, 6.45) is 3.69. The Morgan fingerprint density at radius 2 is 1.82 bits per heavy atom. The second kappa shape index (κ2) is 5.52. The van der Waals surface area contributed by atoms with E-state index in [1.165, 1.54) is 0 Å². The quantitative estimate of drug-likeness (QED) is 0.773. The van der Waals surface area contributed by atoms with Gasteiger partial charge >= 0.3 is 11.9 Å². The molecule has 0 aromatic heterocycles. The van der Waals surface area contributed by atoms with Gasteiger partial charge in [0.15, 0.2) is 0 Å². The van der Waals surface area contributed by atoms with Crippen molar-refractivity contribution in [1.29, 1.82) is 0 Å². The van der Waals surface area contributed by atoms with E-state index < -0.39 is 11.6 Å². The molecule has 0 bridgehead atoms. The summed E-state index contributed by atoms with van der Waals surface area (Å²) in [5.74, 6) is -1.50. The van der Waals surface area contributed by atoms with Gasteiger partial charge in [-0.3, -0.25) is 9.59 Å². The van der Waals surface area contributed by atoms with Crippen LogP contribution in [-0.4, -0.2) is 22.6 Å². The van der Waals surface area contributed by atoms with Gasteiger partial charge in [0, 0.05) is 6.42 Å². The summed E-state index contributed by atoms with van der Waals surface area (Å²) in [6, 6.07) is 0. The molecule has 1 aliphatic carbocycles. The average molecular weight is 242 g/mol. The van der Waals surface area contributed by atoms with Crippen molar-refractivity contribution in [2.45, 2.75) is 58.5 Å². The lowest BCUT2D eigenvalue weighted by molar-refractivity contribution is -0.157. The number of carbonyl (C=O) groups is 2. The van der Waals surface area contributed by atoms with Crippen molar-refractivity contribution >= 4 is 11.9 Å². The second-order valence-corrected chi connectivity index (χ2v) is 5.78. The summed E-state index contributed by atoms with van der Waals surface area (Å²) in [5.41, 5.74) is -0.496. The molecule has 4 heteroatoms. The number of carbonyl (C=O) groups excluding carboxylic acids is 1. The molecule has 0 amide bonds. The third-order valence-corrected chi connectivity index (χ3v) is 3.08. The number of rotatable bonds is 3. The van der Waals surface area contributed by atoms with Crippen molar-refractivity contribution in [3.8, 4) is 0 Å². The molecule has 0 saturated heterocycles. The molecule has 1 fully saturated rings. The maximum atomic E-state index is 11.7. The van der Waals surface area contributed by atoms with Gasteiger partial charge in [-0.25, -0.2) is 0 Å². The van der Waals surface area contributed by atoms with Gasteiger partial charge in [0.2, 0.25) is 0 Å². The number of hydrogen-bond donors (Lipinski definition) is 1. The molecule has 0 aliphatic heterocycles. The molecule has 4 nitrogen and oxygen atoms in total. The fraction of sp³-hybridized carbons (Fsp3) is 0.846. The molecule has 0 heterocycles.